The lowest BCUT2D eigenvalue weighted by Gasteiger charge is -2.62. The van der Waals surface area contributed by atoms with Crippen molar-refractivity contribution >= 4 is 11.8 Å². The summed E-state index contributed by atoms with van der Waals surface area (Å²) in [6.07, 6.45) is 8.50. The molecular weight excluding hydrogens is 435 g/mol. The van der Waals surface area contributed by atoms with Gasteiger partial charge in [0.2, 0.25) is 11.8 Å². The van der Waals surface area contributed by atoms with E-state index in [1.54, 1.807) is 12.1 Å². The summed E-state index contributed by atoms with van der Waals surface area (Å²) in [5, 5.41) is 17.4. The second-order valence-corrected chi connectivity index (χ2v) is 11.8. The Morgan fingerprint density at radius 2 is 2.03 bits per heavy atom. The number of benzene rings is 1. The maximum atomic E-state index is 13.8. The van der Waals surface area contributed by atoms with Crippen LogP contribution >= 0.6 is 0 Å². The molecule has 4 aliphatic carbocycles. The summed E-state index contributed by atoms with van der Waals surface area (Å²) in [5.41, 5.74) is -0.192. The Hall–Kier alpha value is -2.15. The van der Waals surface area contributed by atoms with Gasteiger partial charge in [-0.15, -0.1) is 0 Å². The molecule has 3 N–H and O–H groups in total. The number of halogens is 1. The van der Waals surface area contributed by atoms with E-state index in [4.69, 9.17) is 4.74 Å². The van der Waals surface area contributed by atoms with Crippen molar-refractivity contribution in [3.8, 4) is 5.75 Å². The van der Waals surface area contributed by atoms with Gasteiger partial charge in [-0.25, -0.2) is 4.39 Å². The quantitative estimate of drug-likeness (QED) is 0.539. The van der Waals surface area contributed by atoms with Gasteiger partial charge in [0, 0.05) is 24.4 Å². The second-order valence-electron chi connectivity index (χ2n) is 11.8. The minimum absolute atomic E-state index is 0.00157. The number of nitrogens with one attached hydrogen (secondary N) is 2. The van der Waals surface area contributed by atoms with Crippen LogP contribution in [0.5, 0.6) is 5.75 Å². The van der Waals surface area contributed by atoms with Gasteiger partial charge < -0.3 is 20.5 Å². The van der Waals surface area contributed by atoms with E-state index in [1.807, 2.05) is 0 Å². The molecule has 0 spiro atoms. The van der Waals surface area contributed by atoms with Crippen molar-refractivity contribution in [2.75, 3.05) is 7.11 Å². The zero-order valence-electron chi connectivity index (χ0n) is 20.3. The standard InChI is InChI=1S/C27H37FN2O4/c1-17(25-11-19-9-20(12-25)15-27(33,14-19)16-25)29-23(31)5-7-26(8-6-24(32)30-26)13-18-3-4-21(28)22(10-18)34-2/h3-4,10,17,19-20,33H,5-9,11-16H2,1-2H3,(H,29,31)(H,30,32)/t17-,19+,20+,25?,26-,27?/m1/s1. The number of hydrogen-bond donors (Lipinski definition) is 3. The van der Waals surface area contributed by atoms with E-state index in [9.17, 15) is 19.1 Å². The molecule has 0 unspecified atom stereocenters. The molecular formula is C27H37FN2O4. The van der Waals surface area contributed by atoms with Gasteiger partial charge in [0.05, 0.1) is 12.7 Å². The maximum absolute atomic E-state index is 13.8. The molecule has 7 heteroatoms. The van der Waals surface area contributed by atoms with Crippen LogP contribution in [-0.2, 0) is 16.0 Å². The highest BCUT2D eigenvalue weighted by Gasteiger charge is 2.59. The number of ether oxygens (including phenoxy) is 1. The van der Waals surface area contributed by atoms with E-state index in [2.05, 4.69) is 17.6 Å². The van der Waals surface area contributed by atoms with Gasteiger partial charge in [0.1, 0.15) is 0 Å². The molecule has 2 amide bonds. The third-order valence-electron chi connectivity index (χ3n) is 9.20. The molecule has 1 aromatic rings. The van der Waals surface area contributed by atoms with Crippen molar-refractivity contribution < 1.29 is 23.8 Å². The highest BCUT2D eigenvalue weighted by molar-refractivity contribution is 5.80. The molecule has 0 radical (unpaired) electrons. The Balaban J connectivity index is 1.23. The van der Waals surface area contributed by atoms with E-state index in [-0.39, 0.29) is 29.0 Å². The van der Waals surface area contributed by atoms with Crippen molar-refractivity contribution in [1.82, 2.24) is 10.6 Å². The molecule has 6 nitrogen and oxygen atoms in total. The highest BCUT2D eigenvalue weighted by atomic mass is 19.1. The number of aliphatic hydroxyl groups is 1. The summed E-state index contributed by atoms with van der Waals surface area (Å²) in [7, 11) is 1.43. The molecule has 1 aliphatic heterocycles. The van der Waals surface area contributed by atoms with Crippen molar-refractivity contribution in [1.29, 1.82) is 0 Å². The number of carbonyl (C=O) groups excluding carboxylic acids is 2. The first-order valence-electron chi connectivity index (χ1n) is 12.8. The number of amides is 2. The van der Waals surface area contributed by atoms with Crippen LogP contribution in [0.3, 0.4) is 0 Å². The lowest BCUT2D eigenvalue weighted by atomic mass is 9.46. The summed E-state index contributed by atoms with van der Waals surface area (Å²) in [6, 6.07) is 4.78. The van der Waals surface area contributed by atoms with Crippen LogP contribution < -0.4 is 15.4 Å². The molecule has 4 saturated carbocycles. The summed E-state index contributed by atoms with van der Waals surface area (Å²) in [4.78, 5) is 25.2. The second kappa shape index (κ2) is 8.51. The molecule has 4 bridgehead atoms. The number of hydrogen-bond acceptors (Lipinski definition) is 4. The van der Waals surface area contributed by atoms with Crippen LogP contribution in [0.2, 0.25) is 0 Å². The van der Waals surface area contributed by atoms with Gasteiger partial charge in [0.15, 0.2) is 11.6 Å². The Labute approximate surface area is 201 Å². The normalized spacial score (nSPS) is 36.9. The third-order valence-corrected chi connectivity index (χ3v) is 9.20. The zero-order valence-corrected chi connectivity index (χ0v) is 20.3. The molecule has 5 fully saturated rings. The minimum atomic E-state index is -0.544. The molecule has 1 heterocycles. The van der Waals surface area contributed by atoms with Gasteiger partial charge in [-0.05, 0) is 99.7 Å². The first kappa shape index (κ1) is 23.6. The first-order chi connectivity index (χ1) is 16.1. The molecule has 6 rings (SSSR count). The van der Waals surface area contributed by atoms with Crippen LogP contribution in [0, 0.1) is 23.1 Å². The summed E-state index contributed by atoms with van der Waals surface area (Å²) < 4.78 is 19.0. The minimum Gasteiger partial charge on any atom is -0.494 e. The Kier molecular flexibility index (Phi) is 5.90. The van der Waals surface area contributed by atoms with Crippen LogP contribution in [0.15, 0.2) is 18.2 Å². The van der Waals surface area contributed by atoms with Crippen LogP contribution in [-0.4, -0.2) is 41.2 Å². The third kappa shape index (κ3) is 4.43. The molecule has 5 aliphatic rings. The van der Waals surface area contributed by atoms with Gasteiger partial charge in [-0.2, -0.15) is 0 Å². The lowest BCUT2D eigenvalue weighted by Crippen LogP contribution is -2.61. The summed E-state index contributed by atoms with van der Waals surface area (Å²) >= 11 is 0. The van der Waals surface area contributed by atoms with Crippen molar-refractivity contribution in [3.63, 3.8) is 0 Å². The predicted molar refractivity (Wildman–Crippen MR) is 126 cm³/mol. The Morgan fingerprint density at radius 3 is 2.65 bits per heavy atom. The van der Waals surface area contributed by atoms with E-state index >= 15 is 0 Å². The average molecular weight is 473 g/mol. The van der Waals surface area contributed by atoms with Crippen molar-refractivity contribution in [3.05, 3.63) is 29.6 Å². The molecule has 4 atom stereocenters. The molecule has 186 valence electrons. The number of methoxy groups -OCH3 is 1. The fourth-order valence-electron chi connectivity index (χ4n) is 8.00. The SMILES string of the molecule is COc1cc(C[C@@]2(CCC(=O)N[C@H](C)C34C[C@@H]5C[C@H](CC(O)(C5)C3)C4)CCC(=O)N2)ccc1F. The lowest BCUT2D eigenvalue weighted by molar-refractivity contribution is -0.173. The zero-order chi connectivity index (χ0) is 24.1. The van der Waals surface area contributed by atoms with Gasteiger partial charge in [0.25, 0.3) is 0 Å². The van der Waals surface area contributed by atoms with Crippen molar-refractivity contribution in [2.45, 2.75) is 94.7 Å². The van der Waals surface area contributed by atoms with Gasteiger partial charge in [-0.1, -0.05) is 6.07 Å². The average Bonchev–Trinajstić information content (AvgIpc) is 3.12. The van der Waals surface area contributed by atoms with Crippen LogP contribution in [0.1, 0.15) is 76.7 Å². The number of carbonyl (C=O) groups is 2. The molecule has 34 heavy (non-hydrogen) atoms. The van der Waals surface area contributed by atoms with Crippen LogP contribution in [0.25, 0.3) is 0 Å². The highest BCUT2D eigenvalue weighted by Crippen LogP contribution is 2.62. The van der Waals surface area contributed by atoms with E-state index < -0.39 is 17.0 Å². The van der Waals surface area contributed by atoms with Gasteiger partial charge >= 0.3 is 0 Å². The topological polar surface area (TPSA) is 87.7 Å². The van der Waals surface area contributed by atoms with Crippen molar-refractivity contribution in [2.24, 2.45) is 17.3 Å². The maximum Gasteiger partial charge on any atom is 0.220 e. The largest absolute Gasteiger partial charge is 0.494 e. The molecule has 0 aromatic heterocycles. The van der Waals surface area contributed by atoms with Crippen LogP contribution in [0.4, 0.5) is 4.39 Å². The smallest absolute Gasteiger partial charge is 0.220 e. The predicted octanol–water partition coefficient (Wildman–Crippen LogP) is 3.64. The summed E-state index contributed by atoms with van der Waals surface area (Å²) in [5.74, 6) is 0.905. The van der Waals surface area contributed by atoms with E-state index in [0.29, 0.717) is 43.9 Å². The van der Waals surface area contributed by atoms with E-state index in [1.165, 1.54) is 19.6 Å². The molecule has 1 saturated heterocycles. The monoisotopic (exact) mass is 472 g/mol. The Morgan fingerprint density at radius 1 is 1.29 bits per heavy atom. The van der Waals surface area contributed by atoms with Gasteiger partial charge in [-0.3, -0.25) is 9.59 Å². The van der Waals surface area contributed by atoms with E-state index in [0.717, 1.165) is 37.7 Å². The number of rotatable bonds is 8. The fraction of sp³-hybridized carbons (Fsp3) is 0.704. The molecule has 1 aromatic carbocycles. The first-order valence-corrected chi connectivity index (χ1v) is 12.8. The summed E-state index contributed by atoms with van der Waals surface area (Å²) in [6.45, 7) is 2.10. The Bertz CT molecular complexity index is 967. The fourth-order valence-corrected chi connectivity index (χ4v) is 8.00.